The third-order valence-electron chi connectivity index (χ3n) is 0.175. The minimum Gasteiger partial charge on any atom is -1.00 e. The molecule has 0 amide bonds. The topological polar surface area (TPSA) is 68.8 Å². The van der Waals surface area contributed by atoms with E-state index in [1.807, 2.05) is 0 Å². The van der Waals surface area contributed by atoms with Crippen LogP contribution in [0.15, 0.2) is 12.7 Å². The molecule has 0 aliphatic rings. The van der Waals surface area contributed by atoms with Gasteiger partial charge in [0, 0.05) is 6.08 Å². The summed E-state index contributed by atoms with van der Waals surface area (Å²) in [6.07, 6.45) is 0.833. The SMILES string of the molecule is C=CC(=O)O.O.[H-].[Na+]. The second-order valence-electron chi connectivity index (χ2n) is 0.542. The van der Waals surface area contributed by atoms with Gasteiger partial charge in [-0.2, -0.15) is 0 Å². The molecule has 0 rings (SSSR count). The first kappa shape index (κ1) is 15.7. The Morgan fingerprint density at radius 1 is 1.86 bits per heavy atom. The predicted molar refractivity (Wildman–Crippen MR) is 22.6 cm³/mol. The van der Waals surface area contributed by atoms with E-state index in [1.54, 1.807) is 0 Å². The predicted octanol–water partition coefficient (Wildman–Crippen LogP) is -3.45. The molecular weight excluding hydrogens is 107 g/mol. The molecule has 7 heavy (non-hydrogen) atoms. The molecule has 0 saturated heterocycles. The van der Waals surface area contributed by atoms with Crippen molar-refractivity contribution in [3.63, 3.8) is 0 Å². The molecule has 0 heterocycles. The van der Waals surface area contributed by atoms with Crippen LogP contribution in [0.4, 0.5) is 0 Å². The average molecular weight is 114 g/mol. The van der Waals surface area contributed by atoms with E-state index in [0.29, 0.717) is 0 Å². The molecule has 38 valence electrons. The number of carbonyl (C=O) groups is 1. The fourth-order valence-electron chi connectivity index (χ4n) is 0. The normalized spacial score (nSPS) is 4.57. The summed E-state index contributed by atoms with van der Waals surface area (Å²) in [4.78, 5) is 9.25. The maximum Gasteiger partial charge on any atom is 1.00 e. The van der Waals surface area contributed by atoms with Crippen molar-refractivity contribution >= 4 is 5.97 Å². The summed E-state index contributed by atoms with van der Waals surface area (Å²) in [5, 5.41) is 7.60. The minimum atomic E-state index is -0.981. The van der Waals surface area contributed by atoms with Gasteiger partial charge < -0.3 is 12.0 Å². The number of aliphatic carboxylic acids is 1. The van der Waals surface area contributed by atoms with Gasteiger partial charge in [0.15, 0.2) is 0 Å². The summed E-state index contributed by atoms with van der Waals surface area (Å²) >= 11 is 0. The van der Waals surface area contributed by atoms with Crippen LogP contribution < -0.4 is 29.6 Å². The Hall–Kier alpha value is 0.170. The molecule has 0 aliphatic heterocycles. The van der Waals surface area contributed by atoms with Crippen LogP contribution in [0, 0.1) is 0 Å². The van der Waals surface area contributed by atoms with Gasteiger partial charge in [-0.3, -0.25) is 0 Å². The molecule has 0 bridgehead atoms. The number of hydrogen-bond donors (Lipinski definition) is 1. The Bertz CT molecular complexity index is 65.5. The molecule has 0 atom stereocenters. The van der Waals surface area contributed by atoms with Gasteiger partial charge in [0.05, 0.1) is 0 Å². The van der Waals surface area contributed by atoms with Gasteiger partial charge in [-0.15, -0.1) is 0 Å². The van der Waals surface area contributed by atoms with Crippen LogP contribution in [0.3, 0.4) is 0 Å². The van der Waals surface area contributed by atoms with Crippen molar-refractivity contribution in [1.29, 1.82) is 0 Å². The molecule has 0 fully saturated rings. The molecule has 0 aromatic rings. The van der Waals surface area contributed by atoms with Crippen molar-refractivity contribution < 1.29 is 46.4 Å². The molecule has 0 saturated carbocycles. The van der Waals surface area contributed by atoms with Crippen LogP contribution in [-0.2, 0) is 4.79 Å². The van der Waals surface area contributed by atoms with Crippen molar-refractivity contribution in [3.8, 4) is 0 Å². The summed E-state index contributed by atoms with van der Waals surface area (Å²) < 4.78 is 0. The molecular formula is C3H7NaO3. The van der Waals surface area contributed by atoms with Gasteiger partial charge in [0.2, 0.25) is 0 Å². The molecule has 4 heteroatoms. The number of carboxylic acid groups (broad SMARTS) is 1. The largest absolute Gasteiger partial charge is 1.00 e. The zero-order valence-electron chi connectivity index (χ0n) is 5.14. The van der Waals surface area contributed by atoms with Crippen molar-refractivity contribution in [2.45, 2.75) is 0 Å². The summed E-state index contributed by atoms with van der Waals surface area (Å²) in [6, 6.07) is 0. The van der Waals surface area contributed by atoms with Gasteiger partial charge in [-0.05, 0) is 0 Å². The van der Waals surface area contributed by atoms with Crippen molar-refractivity contribution in [1.82, 2.24) is 0 Å². The number of carboxylic acids is 1. The van der Waals surface area contributed by atoms with E-state index in [-0.39, 0.29) is 36.5 Å². The smallest absolute Gasteiger partial charge is 1.00 e. The van der Waals surface area contributed by atoms with Crippen LogP contribution in [-0.4, -0.2) is 16.6 Å². The van der Waals surface area contributed by atoms with Crippen molar-refractivity contribution in [3.05, 3.63) is 12.7 Å². The maximum atomic E-state index is 9.25. The van der Waals surface area contributed by atoms with Crippen LogP contribution in [0.1, 0.15) is 1.43 Å². The van der Waals surface area contributed by atoms with Gasteiger partial charge >= 0.3 is 35.5 Å². The van der Waals surface area contributed by atoms with Gasteiger partial charge in [0.25, 0.3) is 0 Å². The van der Waals surface area contributed by atoms with Gasteiger partial charge in [-0.25, -0.2) is 4.79 Å². The minimum absolute atomic E-state index is 0. The van der Waals surface area contributed by atoms with Crippen molar-refractivity contribution in [2.75, 3.05) is 0 Å². The number of rotatable bonds is 1. The van der Waals surface area contributed by atoms with Crippen LogP contribution in [0.2, 0.25) is 0 Å². The molecule has 0 unspecified atom stereocenters. The Kier molecular flexibility index (Phi) is 21.3. The van der Waals surface area contributed by atoms with E-state index in [0.717, 1.165) is 6.08 Å². The zero-order chi connectivity index (χ0) is 4.28. The molecule has 0 aliphatic carbocycles. The summed E-state index contributed by atoms with van der Waals surface area (Å²) in [5.41, 5.74) is 0. The van der Waals surface area contributed by atoms with Crippen LogP contribution >= 0.6 is 0 Å². The van der Waals surface area contributed by atoms with Gasteiger partial charge in [0.1, 0.15) is 0 Å². The van der Waals surface area contributed by atoms with Crippen LogP contribution in [0.25, 0.3) is 0 Å². The number of hydrogen-bond acceptors (Lipinski definition) is 1. The monoisotopic (exact) mass is 114 g/mol. The average Bonchev–Trinajstić information content (AvgIpc) is 1.38. The van der Waals surface area contributed by atoms with E-state index < -0.39 is 5.97 Å². The quantitative estimate of drug-likeness (QED) is 0.284. The summed E-state index contributed by atoms with van der Waals surface area (Å²) in [5.74, 6) is -0.981. The standard InChI is InChI=1S/C3H4O2.Na.H2O.H/c1-2-3(4)5;;;/h2H,1H2,(H,4,5);;1H2;/q;+1;;-1. The van der Waals surface area contributed by atoms with E-state index in [2.05, 4.69) is 6.58 Å². The Balaban J connectivity index is -0.0000000267. The van der Waals surface area contributed by atoms with E-state index in [4.69, 9.17) is 5.11 Å². The van der Waals surface area contributed by atoms with E-state index >= 15 is 0 Å². The summed E-state index contributed by atoms with van der Waals surface area (Å²) in [7, 11) is 0. The van der Waals surface area contributed by atoms with E-state index in [9.17, 15) is 4.79 Å². The Morgan fingerprint density at radius 2 is 2.00 bits per heavy atom. The zero-order valence-corrected chi connectivity index (χ0v) is 6.14. The third-order valence-corrected chi connectivity index (χ3v) is 0.175. The fourth-order valence-corrected chi connectivity index (χ4v) is 0. The molecule has 0 radical (unpaired) electrons. The second-order valence-corrected chi connectivity index (χ2v) is 0.542. The first-order valence-corrected chi connectivity index (χ1v) is 1.12. The van der Waals surface area contributed by atoms with E-state index in [1.165, 1.54) is 0 Å². The van der Waals surface area contributed by atoms with Crippen LogP contribution in [0.5, 0.6) is 0 Å². The molecule has 0 aromatic carbocycles. The fraction of sp³-hybridized carbons (Fsp3) is 0. The third kappa shape index (κ3) is 22.8. The van der Waals surface area contributed by atoms with Crippen molar-refractivity contribution in [2.24, 2.45) is 0 Å². The first-order chi connectivity index (χ1) is 2.27. The Morgan fingerprint density at radius 3 is 2.00 bits per heavy atom. The maximum absolute atomic E-state index is 9.25. The molecule has 0 aromatic heterocycles. The molecule has 3 N–H and O–H groups in total. The van der Waals surface area contributed by atoms with Gasteiger partial charge in [-0.1, -0.05) is 6.58 Å². The summed E-state index contributed by atoms with van der Waals surface area (Å²) in [6.45, 7) is 2.96. The second kappa shape index (κ2) is 9.48. The molecule has 0 spiro atoms. The Labute approximate surface area is 65.1 Å². The molecule has 3 nitrogen and oxygen atoms in total. The first-order valence-electron chi connectivity index (χ1n) is 1.12.